The Labute approximate surface area is 104 Å². The van der Waals surface area contributed by atoms with E-state index in [1.165, 1.54) is 0 Å². The Morgan fingerprint density at radius 1 is 1.35 bits per heavy atom. The van der Waals surface area contributed by atoms with E-state index in [1.54, 1.807) is 19.2 Å². The second-order valence-electron chi connectivity index (χ2n) is 5.47. The smallest absolute Gasteiger partial charge is 0.160 e. The largest absolute Gasteiger partial charge is 0.504 e. The Kier molecular flexibility index (Phi) is 4.40. The SMILES string of the molecule is COc1ccc(CNC(C)C(C)(C)C)cc1O. The summed E-state index contributed by atoms with van der Waals surface area (Å²) in [5.74, 6) is 0.702. The van der Waals surface area contributed by atoms with Crippen LogP contribution in [-0.2, 0) is 6.54 Å². The van der Waals surface area contributed by atoms with Gasteiger partial charge in [-0.15, -0.1) is 0 Å². The minimum atomic E-state index is 0.190. The van der Waals surface area contributed by atoms with Gasteiger partial charge >= 0.3 is 0 Å². The highest BCUT2D eigenvalue weighted by molar-refractivity contribution is 5.41. The first-order valence-electron chi connectivity index (χ1n) is 5.94. The van der Waals surface area contributed by atoms with Gasteiger partial charge < -0.3 is 15.2 Å². The highest BCUT2D eigenvalue weighted by Gasteiger charge is 2.19. The Bertz CT molecular complexity index is 369. The molecule has 1 aromatic carbocycles. The van der Waals surface area contributed by atoms with E-state index in [1.807, 2.05) is 6.07 Å². The van der Waals surface area contributed by atoms with Crippen LogP contribution in [0, 0.1) is 5.41 Å². The number of nitrogens with one attached hydrogen (secondary N) is 1. The Balaban J connectivity index is 2.61. The van der Waals surface area contributed by atoms with Crippen molar-refractivity contribution in [2.24, 2.45) is 5.41 Å². The van der Waals surface area contributed by atoms with Gasteiger partial charge in [0.1, 0.15) is 0 Å². The number of rotatable bonds is 4. The fourth-order valence-corrected chi connectivity index (χ4v) is 1.42. The molecule has 2 N–H and O–H groups in total. The van der Waals surface area contributed by atoms with Gasteiger partial charge in [-0.05, 0) is 30.0 Å². The number of benzene rings is 1. The van der Waals surface area contributed by atoms with Crippen LogP contribution in [0.1, 0.15) is 33.3 Å². The van der Waals surface area contributed by atoms with Crippen LogP contribution in [0.5, 0.6) is 11.5 Å². The van der Waals surface area contributed by atoms with Crippen molar-refractivity contribution in [2.45, 2.75) is 40.3 Å². The summed E-state index contributed by atoms with van der Waals surface area (Å²) in [5.41, 5.74) is 1.29. The molecule has 0 saturated heterocycles. The number of aromatic hydroxyl groups is 1. The average Bonchev–Trinajstić information content (AvgIpc) is 2.24. The van der Waals surface area contributed by atoms with Gasteiger partial charge in [-0.3, -0.25) is 0 Å². The molecule has 0 heterocycles. The average molecular weight is 237 g/mol. The van der Waals surface area contributed by atoms with E-state index >= 15 is 0 Å². The van der Waals surface area contributed by atoms with Crippen LogP contribution in [0.25, 0.3) is 0 Å². The number of hydrogen-bond donors (Lipinski definition) is 2. The molecule has 1 rings (SSSR count). The molecule has 0 aromatic heterocycles. The third kappa shape index (κ3) is 3.93. The zero-order chi connectivity index (χ0) is 13.1. The van der Waals surface area contributed by atoms with E-state index in [-0.39, 0.29) is 11.2 Å². The fourth-order valence-electron chi connectivity index (χ4n) is 1.42. The van der Waals surface area contributed by atoms with Gasteiger partial charge in [-0.1, -0.05) is 26.8 Å². The Hall–Kier alpha value is -1.22. The summed E-state index contributed by atoms with van der Waals surface area (Å²) in [5, 5.41) is 13.1. The van der Waals surface area contributed by atoms with E-state index in [2.05, 4.69) is 33.0 Å². The maximum absolute atomic E-state index is 9.66. The summed E-state index contributed by atoms with van der Waals surface area (Å²) >= 11 is 0. The molecule has 1 aromatic rings. The van der Waals surface area contributed by atoms with Gasteiger partial charge in [0, 0.05) is 12.6 Å². The van der Waals surface area contributed by atoms with Crippen molar-refractivity contribution in [3.8, 4) is 11.5 Å². The molecule has 0 bridgehead atoms. The molecular formula is C14H23NO2. The predicted molar refractivity (Wildman–Crippen MR) is 70.4 cm³/mol. The zero-order valence-corrected chi connectivity index (χ0v) is 11.4. The van der Waals surface area contributed by atoms with E-state index in [9.17, 15) is 5.11 Å². The van der Waals surface area contributed by atoms with Gasteiger partial charge in [0.05, 0.1) is 7.11 Å². The number of methoxy groups -OCH3 is 1. The van der Waals surface area contributed by atoms with Crippen LogP contribution in [0.3, 0.4) is 0 Å². The van der Waals surface area contributed by atoms with Gasteiger partial charge in [-0.2, -0.15) is 0 Å². The summed E-state index contributed by atoms with van der Waals surface area (Å²) in [7, 11) is 1.55. The second kappa shape index (κ2) is 5.41. The summed E-state index contributed by atoms with van der Waals surface area (Å²) < 4.78 is 5.01. The molecule has 17 heavy (non-hydrogen) atoms. The molecule has 0 fully saturated rings. The van der Waals surface area contributed by atoms with E-state index in [4.69, 9.17) is 4.74 Å². The Morgan fingerprint density at radius 3 is 2.47 bits per heavy atom. The van der Waals surface area contributed by atoms with Crippen LogP contribution in [0.15, 0.2) is 18.2 Å². The summed E-state index contributed by atoms with van der Waals surface area (Å²) in [6.45, 7) is 9.53. The molecule has 1 unspecified atom stereocenters. The molecule has 0 aliphatic heterocycles. The van der Waals surface area contributed by atoms with Crippen molar-refractivity contribution >= 4 is 0 Å². The molecule has 96 valence electrons. The second-order valence-corrected chi connectivity index (χ2v) is 5.47. The molecule has 3 heteroatoms. The summed E-state index contributed by atoms with van der Waals surface area (Å²) in [6, 6.07) is 5.89. The molecule has 0 radical (unpaired) electrons. The number of phenols is 1. The van der Waals surface area contributed by atoms with E-state index in [0.29, 0.717) is 11.8 Å². The van der Waals surface area contributed by atoms with E-state index in [0.717, 1.165) is 12.1 Å². The van der Waals surface area contributed by atoms with Gasteiger partial charge in [-0.25, -0.2) is 0 Å². The molecule has 0 aliphatic carbocycles. The lowest BCUT2D eigenvalue weighted by Gasteiger charge is -2.28. The van der Waals surface area contributed by atoms with Gasteiger partial charge in [0.25, 0.3) is 0 Å². The number of ether oxygens (including phenoxy) is 1. The quantitative estimate of drug-likeness (QED) is 0.846. The Morgan fingerprint density at radius 2 is 2.00 bits per heavy atom. The molecule has 0 aliphatic rings. The van der Waals surface area contributed by atoms with Crippen LogP contribution in [0.4, 0.5) is 0 Å². The molecule has 0 amide bonds. The minimum Gasteiger partial charge on any atom is -0.504 e. The lowest BCUT2D eigenvalue weighted by atomic mass is 9.88. The van der Waals surface area contributed by atoms with Crippen LogP contribution in [0.2, 0.25) is 0 Å². The van der Waals surface area contributed by atoms with E-state index < -0.39 is 0 Å². The first-order chi connectivity index (χ1) is 7.84. The highest BCUT2D eigenvalue weighted by Crippen LogP contribution is 2.26. The number of hydrogen-bond acceptors (Lipinski definition) is 3. The van der Waals surface area contributed by atoms with Gasteiger partial charge in [0.2, 0.25) is 0 Å². The van der Waals surface area contributed by atoms with Crippen molar-refractivity contribution in [2.75, 3.05) is 7.11 Å². The van der Waals surface area contributed by atoms with Crippen LogP contribution >= 0.6 is 0 Å². The molecule has 1 atom stereocenters. The first-order valence-corrected chi connectivity index (χ1v) is 5.94. The normalized spacial score (nSPS) is 13.5. The molecular weight excluding hydrogens is 214 g/mol. The molecule has 0 saturated carbocycles. The third-order valence-electron chi connectivity index (χ3n) is 3.15. The molecule has 3 nitrogen and oxygen atoms in total. The van der Waals surface area contributed by atoms with Crippen molar-refractivity contribution < 1.29 is 9.84 Å². The lowest BCUT2D eigenvalue weighted by molar-refractivity contribution is 0.285. The molecule has 0 spiro atoms. The monoisotopic (exact) mass is 237 g/mol. The topological polar surface area (TPSA) is 41.5 Å². The van der Waals surface area contributed by atoms with Crippen molar-refractivity contribution in [3.63, 3.8) is 0 Å². The standard InChI is InChI=1S/C14H23NO2/c1-10(14(2,3)4)15-9-11-6-7-13(17-5)12(16)8-11/h6-8,10,15-16H,9H2,1-5H3. The van der Waals surface area contributed by atoms with Crippen LogP contribution in [-0.4, -0.2) is 18.3 Å². The van der Waals surface area contributed by atoms with Crippen molar-refractivity contribution in [1.29, 1.82) is 0 Å². The first kappa shape index (κ1) is 13.8. The van der Waals surface area contributed by atoms with Crippen molar-refractivity contribution in [1.82, 2.24) is 5.32 Å². The zero-order valence-electron chi connectivity index (χ0n) is 11.4. The lowest BCUT2D eigenvalue weighted by Crippen LogP contribution is -2.37. The third-order valence-corrected chi connectivity index (χ3v) is 3.15. The fraction of sp³-hybridized carbons (Fsp3) is 0.571. The van der Waals surface area contributed by atoms with Gasteiger partial charge in [0.15, 0.2) is 11.5 Å². The minimum absolute atomic E-state index is 0.190. The summed E-state index contributed by atoms with van der Waals surface area (Å²) in [6.07, 6.45) is 0. The maximum atomic E-state index is 9.66. The van der Waals surface area contributed by atoms with Crippen LogP contribution < -0.4 is 10.1 Å². The maximum Gasteiger partial charge on any atom is 0.160 e. The summed E-state index contributed by atoms with van der Waals surface area (Å²) in [4.78, 5) is 0. The van der Waals surface area contributed by atoms with Crippen molar-refractivity contribution in [3.05, 3.63) is 23.8 Å². The highest BCUT2D eigenvalue weighted by atomic mass is 16.5. The number of phenolic OH excluding ortho intramolecular Hbond substituents is 1. The predicted octanol–water partition coefficient (Wildman–Crippen LogP) is 2.93.